The molecule has 2 aliphatic carbocycles. The zero-order valence-corrected chi connectivity index (χ0v) is 15.9. The molecule has 2 aliphatic heterocycles. The Labute approximate surface area is 156 Å². The van der Waals surface area contributed by atoms with Crippen LogP contribution in [-0.4, -0.2) is 77.5 Å². The standard InChI is InChI=1S/C16H22N2O6S2/c19-14(5-24-6-15(20)21)17-16-18(11-4-9-1-2-10(11)3-9)12-7-26(22,23)8-13(12)25-16/h9-13H,1-8H2,(H,20,21)/t9-,10-,11-,12+,13+/m0/s1. The second-order valence-electron chi connectivity index (χ2n) is 7.62. The fraction of sp³-hybridized carbons (Fsp3) is 0.812. The van der Waals surface area contributed by atoms with Crippen LogP contribution in [0.5, 0.6) is 0 Å². The third-order valence-electron chi connectivity index (χ3n) is 5.84. The molecule has 0 aromatic rings. The predicted molar refractivity (Wildman–Crippen MR) is 95.8 cm³/mol. The van der Waals surface area contributed by atoms with Gasteiger partial charge in [0.2, 0.25) is 0 Å². The van der Waals surface area contributed by atoms with Crippen LogP contribution in [0.2, 0.25) is 0 Å². The number of carboxylic acid groups (broad SMARTS) is 1. The quantitative estimate of drug-likeness (QED) is 0.702. The van der Waals surface area contributed by atoms with Crippen molar-refractivity contribution in [1.82, 2.24) is 4.90 Å². The van der Waals surface area contributed by atoms with Crippen molar-refractivity contribution >= 4 is 38.6 Å². The Morgan fingerprint density at radius 2 is 2.00 bits per heavy atom. The number of fused-ring (bicyclic) bond motifs is 3. The number of carbonyl (C=O) groups is 2. The molecule has 0 unspecified atom stereocenters. The van der Waals surface area contributed by atoms with Gasteiger partial charge in [0, 0.05) is 11.3 Å². The van der Waals surface area contributed by atoms with E-state index in [4.69, 9.17) is 9.84 Å². The average Bonchev–Trinajstić information content (AvgIpc) is 3.26. The highest BCUT2D eigenvalue weighted by molar-refractivity contribution is 8.15. The summed E-state index contributed by atoms with van der Waals surface area (Å²) in [4.78, 5) is 28.8. The smallest absolute Gasteiger partial charge is 0.329 e. The van der Waals surface area contributed by atoms with Crippen LogP contribution in [0.15, 0.2) is 4.99 Å². The van der Waals surface area contributed by atoms with E-state index in [2.05, 4.69) is 9.89 Å². The minimum atomic E-state index is -3.05. The molecule has 0 aromatic heterocycles. The van der Waals surface area contributed by atoms with Gasteiger partial charge in [0.05, 0.1) is 17.5 Å². The molecule has 2 heterocycles. The number of thioether (sulfide) groups is 1. The fourth-order valence-electron chi connectivity index (χ4n) is 4.90. The average molecular weight is 402 g/mol. The molecule has 1 amide bonds. The number of aliphatic carboxylic acids is 1. The van der Waals surface area contributed by atoms with Gasteiger partial charge in [-0.1, -0.05) is 18.2 Å². The first-order valence-corrected chi connectivity index (χ1v) is 11.6. The minimum absolute atomic E-state index is 0.0781. The van der Waals surface area contributed by atoms with E-state index in [9.17, 15) is 18.0 Å². The van der Waals surface area contributed by atoms with E-state index in [1.54, 1.807) is 0 Å². The van der Waals surface area contributed by atoms with Crippen molar-refractivity contribution in [3.63, 3.8) is 0 Å². The number of sulfone groups is 1. The van der Waals surface area contributed by atoms with Crippen molar-refractivity contribution in [3.8, 4) is 0 Å². The summed E-state index contributed by atoms with van der Waals surface area (Å²) < 4.78 is 29.0. The van der Waals surface area contributed by atoms with Crippen LogP contribution in [0.25, 0.3) is 0 Å². The highest BCUT2D eigenvalue weighted by Gasteiger charge is 2.54. The normalized spacial score (nSPS) is 38.8. The summed E-state index contributed by atoms with van der Waals surface area (Å²) in [5.74, 6) is -0.160. The Hall–Kier alpha value is -1.13. The lowest BCUT2D eigenvalue weighted by Crippen LogP contribution is -2.47. The van der Waals surface area contributed by atoms with Gasteiger partial charge in [-0.25, -0.2) is 13.2 Å². The van der Waals surface area contributed by atoms with Crippen LogP contribution in [0.1, 0.15) is 25.7 Å². The largest absolute Gasteiger partial charge is 0.480 e. The van der Waals surface area contributed by atoms with Crippen molar-refractivity contribution in [3.05, 3.63) is 0 Å². The SMILES string of the molecule is O=C(O)COCC(=O)N=C1S[C@@H]2CS(=O)(=O)C[C@H]2N1[C@H]1C[C@H]2CC[C@H]1C2. The number of hydrogen-bond acceptors (Lipinski definition) is 6. The van der Waals surface area contributed by atoms with Gasteiger partial charge in [-0.15, -0.1) is 0 Å². The van der Waals surface area contributed by atoms with Gasteiger partial charge in [0.1, 0.15) is 13.2 Å². The Kier molecular flexibility index (Phi) is 4.77. The first-order valence-electron chi connectivity index (χ1n) is 8.89. The molecule has 1 N–H and O–H groups in total. The second kappa shape index (κ2) is 6.79. The van der Waals surface area contributed by atoms with Crippen molar-refractivity contribution in [2.75, 3.05) is 24.7 Å². The monoisotopic (exact) mass is 402 g/mol. The van der Waals surface area contributed by atoms with Crippen molar-refractivity contribution < 1.29 is 27.9 Å². The van der Waals surface area contributed by atoms with Gasteiger partial charge in [-0.3, -0.25) is 4.79 Å². The molecule has 2 saturated heterocycles. The molecule has 4 fully saturated rings. The molecule has 5 atom stereocenters. The number of carboxylic acids is 1. The molecule has 8 nitrogen and oxygen atoms in total. The number of carbonyl (C=O) groups excluding carboxylic acids is 1. The van der Waals surface area contributed by atoms with Crippen LogP contribution in [0.4, 0.5) is 0 Å². The van der Waals surface area contributed by atoms with Gasteiger partial charge in [0.25, 0.3) is 5.91 Å². The molecule has 4 rings (SSSR count). The molecular formula is C16H22N2O6S2. The lowest BCUT2D eigenvalue weighted by atomic mass is 9.93. The van der Waals surface area contributed by atoms with E-state index in [1.165, 1.54) is 24.6 Å². The molecule has 0 aromatic carbocycles. The van der Waals surface area contributed by atoms with Crippen molar-refractivity contribution in [2.45, 2.75) is 43.0 Å². The third kappa shape index (κ3) is 3.50. The first-order chi connectivity index (χ1) is 12.3. The third-order valence-corrected chi connectivity index (χ3v) is 9.06. The Balaban J connectivity index is 1.52. The lowest BCUT2D eigenvalue weighted by Gasteiger charge is -2.36. The molecule has 2 bridgehead atoms. The molecule has 2 saturated carbocycles. The van der Waals surface area contributed by atoms with Crippen molar-refractivity contribution in [2.24, 2.45) is 16.8 Å². The molecule has 144 valence electrons. The van der Waals surface area contributed by atoms with E-state index < -0.39 is 28.3 Å². The van der Waals surface area contributed by atoms with Crippen LogP contribution in [-0.2, 0) is 24.2 Å². The van der Waals surface area contributed by atoms with E-state index in [1.807, 2.05) is 0 Å². The van der Waals surface area contributed by atoms with Gasteiger partial charge < -0.3 is 14.7 Å². The second-order valence-corrected chi connectivity index (χ2v) is 11.0. The molecule has 0 spiro atoms. The molecule has 0 radical (unpaired) electrons. The molecular weight excluding hydrogens is 380 g/mol. The van der Waals surface area contributed by atoms with E-state index >= 15 is 0 Å². The Morgan fingerprint density at radius 1 is 1.19 bits per heavy atom. The number of ether oxygens (including phenoxy) is 1. The Bertz CT molecular complexity index is 752. The number of amides is 1. The summed E-state index contributed by atoms with van der Waals surface area (Å²) in [5.41, 5.74) is 0. The van der Waals surface area contributed by atoms with Gasteiger partial charge in [0.15, 0.2) is 15.0 Å². The zero-order chi connectivity index (χ0) is 18.5. The maximum absolute atomic E-state index is 12.1. The topological polar surface area (TPSA) is 113 Å². The van der Waals surface area contributed by atoms with Crippen LogP contribution >= 0.6 is 11.8 Å². The van der Waals surface area contributed by atoms with Gasteiger partial charge >= 0.3 is 5.97 Å². The van der Waals surface area contributed by atoms with Gasteiger partial charge in [-0.2, -0.15) is 4.99 Å². The van der Waals surface area contributed by atoms with Crippen LogP contribution < -0.4 is 0 Å². The maximum atomic E-state index is 12.1. The van der Waals surface area contributed by atoms with Crippen LogP contribution in [0.3, 0.4) is 0 Å². The summed E-state index contributed by atoms with van der Waals surface area (Å²) in [7, 11) is -3.05. The fourth-order valence-corrected chi connectivity index (χ4v) is 8.89. The molecule has 10 heteroatoms. The first kappa shape index (κ1) is 18.2. The number of amidine groups is 1. The molecule has 4 aliphatic rings. The highest BCUT2D eigenvalue weighted by Crippen LogP contribution is 2.51. The summed E-state index contributed by atoms with van der Waals surface area (Å²) in [5, 5.41) is 9.09. The number of aliphatic imine (C=N–C) groups is 1. The summed E-state index contributed by atoms with van der Waals surface area (Å²) in [6.07, 6.45) is 4.61. The molecule has 26 heavy (non-hydrogen) atoms. The Morgan fingerprint density at radius 3 is 2.65 bits per heavy atom. The van der Waals surface area contributed by atoms with E-state index in [0.717, 1.165) is 12.8 Å². The number of nitrogens with zero attached hydrogens (tertiary/aromatic N) is 2. The van der Waals surface area contributed by atoms with Crippen molar-refractivity contribution in [1.29, 1.82) is 0 Å². The zero-order valence-electron chi connectivity index (χ0n) is 14.2. The summed E-state index contributed by atoms with van der Waals surface area (Å²) in [6.45, 7) is -0.919. The van der Waals surface area contributed by atoms with E-state index in [0.29, 0.717) is 17.0 Å². The minimum Gasteiger partial charge on any atom is -0.480 e. The predicted octanol–water partition coefficient (Wildman–Crippen LogP) is 0.373. The highest BCUT2D eigenvalue weighted by atomic mass is 32.2. The van der Waals surface area contributed by atoms with Crippen LogP contribution in [0, 0.1) is 11.8 Å². The van der Waals surface area contributed by atoms with E-state index in [-0.39, 0.29) is 35.4 Å². The number of hydrogen-bond donors (Lipinski definition) is 1. The maximum Gasteiger partial charge on any atom is 0.329 e. The summed E-state index contributed by atoms with van der Waals surface area (Å²) >= 11 is 1.38. The summed E-state index contributed by atoms with van der Waals surface area (Å²) in [6, 6.07) is 0.150. The van der Waals surface area contributed by atoms with Gasteiger partial charge in [-0.05, 0) is 31.1 Å². The lowest BCUT2D eigenvalue weighted by molar-refractivity contribution is -0.143. The number of rotatable bonds is 5.